The quantitative estimate of drug-likeness (QED) is 0.645. The van der Waals surface area contributed by atoms with Crippen LogP contribution in [0.2, 0.25) is 0 Å². The van der Waals surface area contributed by atoms with Gasteiger partial charge in [0.15, 0.2) is 0 Å². The van der Waals surface area contributed by atoms with Crippen molar-refractivity contribution in [3.8, 4) is 0 Å². The number of carbonyl (C=O) groups is 1. The molecule has 1 aromatic carbocycles. The summed E-state index contributed by atoms with van der Waals surface area (Å²) in [5.74, 6) is 0.529. The second-order valence-electron chi connectivity index (χ2n) is 4.04. The molecule has 0 atom stereocenters. The molecule has 0 heterocycles. The molecule has 3 N–H and O–H groups in total. The number of nitrogens with one attached hydrogen (secondary N) is 1. The van der Waals surface area contributed by atoms with Crippen molar-refractivity contribution >= 4 is 17.7 Å². The maximum Gasteiger partial charge on any atom is 0.221 e. The summed E-state index contributed by atoms with van der Waals surface area (Å²) < 4.78 is 0. The third-order valence-corrected chi connectivity index (χ3v) is 3.44. The van der Waals surface area contributed by atoms with E-state index in [2.05, 4.69) is 5.32 Å². The van der Waals surface area contributed by atoms with Crippen molar-refractivity contribution < 1.29 is 15.0 Å². The summed E-state index contributed by atoms with van der Waals surface area (Å²) in [6.45, 7) is 1.55. The summed E-state index contributed by atoms with van der Waals surface area (Å²) in [6.07, 6.45) is 0.370. The average molecular weight is 269 g/mol. The lowest BCUT2D eigenvalue weighted by molar-refractivity contribution is -0.122. The van der Waals surface area contributed by atoms with Crippen molar-refractivity contribution in [2.75, 3.05) is 19.0 Å². The highest BCUT2D eigenvalue weighted by atomic mass is 32.2. The molecule has 5 heteroatoms. The Morgan fingerprint density at radius 1 is 1.28 bits per heavy atom. The van der Waals surface area contributed by atoms with Gasteiger partial charge in [0, 0.05) is 17.1 Å². The van der Waals surface area contributed by atoms with E-state index in [4.69, 9.17) is 10.2 Å². The first-order chi connectivity index (χ1) is 8.65. The van der Waals surface area contributed by atoms with Crippen LogP contribution in [0.15, 0.2) is 29.2 Å². The van der Waals surface area contributed by atoms with Gasteiger partial charge in [-0.1, -0.05) is 17.7 Å². The number of amides is 1. The average Bonchev–Trinajstić information content (AvgIpc) is 2.38. The molecule has 18 heavy (non-hydrogen) atoms. The van der Waals surface area contributed by atoms with Crippen LogP contribution in [0.3, 0.4) is 0 Å². The molecular weight excluding hydrogens is 250 g/mol. The standard InChI is InChI=1S/C13H19NO3S/c1-10-2-4-12(5-3-10)18-7-6-13(17)14-11(8-15)9-16/h2-5,11,15-16H,6-9H2,1H3,(H,14,17). The van der Waals surface area contributed by atoms with Crippen molar-refractivity contribution in [1.29, 1.82) is 0 Å². The molecule has 100 valence electrons. The van der Waals surface area contributed by atoms with Crippen LogP contribution in [-0.2, 0) is 4.79 Å². The topological polar surface area (TPSA) is 69.6 Å². The molecule has 0 aliphatic rings. The molecule has 0 saturated heterocycles. The number of aryl methyl sites for hydroxylation is 1. The number of aliphatic hydroxyl groups excluding tert-OH is 2. The molecule has 0 aliphatic carbocycles. The highest BCUT2D eigenvalue weighted by molar-refractivity contribution is 7.99. The van der Waals surface area contributed by atoms with Gasteiger partial charge in [-0.2, -0.15) is 0 Å². The largest absolute Gasteiger partial charge is 0.394 e. The summed E-state index contributed by atoms with van der Waals surface area (Å²) in [4.78, 5) is 12.6. The van der Waals surface area contributed by atoms with E-state index in [0.29, 0.717) is 12.2 Å². The Hall–Kier alpha value is -1.04. The lowest BCUT2D eigenvalue weighted by Crippen LogP contribution is -2.40. The highest BCUT2D eigenvalue weighted by Gasteiger charge is 2.09. The summed E-state index contributed by atoms with van der Waals surface area (Å²) >= 11 is 1.61. The first-order valence-corrected chi connectivity index (χ1v) is 6.85. The van der Waals surface area contributed by atoms with Crippen LogP contribution in [0.25, 0.3) is 0 Å². The Kier molecular flexibility index (Phi) is 6.78. The lowest BCUT2D eigenvalue weighted by atomic mass is 10.2. The molecule has 0 aromatic heterocycles. The molecule has 0 fully saturated rings. The Labute approximate surface area is 111 Å². The Bertz CT molecular complexity index is 363. The second-order valence-corrected chi connectivity index (χ2v) is 5.21. The van der Waals surface area contributed by atoms with Crippen LogP contribution in [-0.4, -0.2) is 41.1 Å². The molecule has 1 rings (SSSR count). The molecule has 0 bridgehead atoms. The minimum atomic E-state index is -0.554. The van der Waals surface area contributed by atoms with Gasteiger partial charge in [-0.05, 0) is 19.1 Å². The van der Waals surface area contributed by atoms with E-state index in [1.165, 1.54) is 5.56 Å². The van der Waals surface area contributed by atoms with Crippen LogP contribution in [0.4, 0.5) is 0 Å². The van der Waals surface area contributed by atoms with Crippen LogP contribution in [0, 0.1) is 6.92 Å². The van der Waals surface area contributed by atoms with Gasteiger partial charge in [0.05, 0.1) is 19.3 Å². The van der Waals surface area contributed by atoms with Crippen molar-refractivity contribution in [3.63, 3.8) is 0 Å². The predicted molar refractivity (Wildman–Crippen MR) is 72.6 cm³/mol. The number of thioether (sulfide) groups is 1. The van der Waals surface area contributed by atoms with E-state index in [9.17, 15) is 4.79 Å². The fourth-order valence-corrected chi connectivity index (χ4v) is 2.20. The summed E-state index contributed by atoms with van der Waals surface area (Å²) in [6, 6.07) is 7.58. The summed E-state index contributed by atoms with van der Waals surface area (Å²) in [5.41, 5.74) is 1.21. The second kappa shape index (κ2) is 8.13. The monoisotopic (exact) mass is 269 g/mol. The minimum absolute atomic E-state index is 0.150. The van der Waals surface area contributed by atoms with Gasteiger partial charge < -0.3 is 15.5 Å². The zero-order chi connectivity index (χ0) is 13.4. The fraction of sp³-hybridized carbons (Fsp3) is 0.462. The van der Waals surface area contributed by atoms with E-state index in [1.54, 1.807) is 11.8 Å². The third-order valence-electron chi connectivity index (χ3n) is 2.42. The molecule has 0 spiro atoms. The number of aliphatic hydroxyl groups is 2. The van der Waals surface area contributed by atoms with Crippen molar-refractivity contribution in [1.82, 2.24) is 5.32 Å². The van der Waals surface area contributed by atoms with Crippen LogP contribution in [0.1, 0.15) is 12.0 Å². The number of rotatable bonds is 7. The first-order valence-electron chi connectivity index (χ1n) is 5.86. The van der Waals surface area contributed by atoms with E-state index in [1.807, 2.05) is 31.2 Å². The Morgan fingerprint density at radius 3 is 2.44 bits per heavy atom. The number of carbonyl (C=O) groups excluding carboxylic acids is 1. The van der Waals surface area contributed by atoms with Crippen molar-refractivity contribution in [2.45, 2.75) is 24.3 Å². The first kappa shape index (κ1) is 15.0. The Morgan fingerprint density at radius 2 is 1.89 bits per heavy atom. The van der Waals surface area contributed by atoms with Crippen LogP contribution < -0.4 is 5.32 Å². The number of benzene rings is 1. The molecule has 4 nitrogen and oxygen atoms in total. The van der Waals surface area contributed by atoms with Crippen LogP contribution >= 0.6 is 11.8 Å². The van der Waals surface area contributed by atoms with Gasteiger partial charge >= 0.3 is 0 Å². The zero-order valence-electron chi connectivity index (χ0n) is 10.4. The summed E-state index contributed by atoms with van der Waals surface area (Å²) in [7, 11) is 0. The Balaban J connectivity index is 2.25. The molecule has 0 unspecified atom stereocenters. The molecule has 1 amide bonds. The van der Waals surface area contributed by atoms with E-state index < -0.39 is 6.04 Å². The fourth-order valence-electron chi connectivity index (χ4n) is 1.34. The van der Waals surface area contributed by atoms with Gasteiger partial charge in [0.1, 0.15) is 0 Å². The molecule has 0 radical (unpaired) electrons. The van der Waals surface area contributed by atoms with E-state index >= 15 is 0 Å². The van der Waals surface area contributed by atoms with E-state index in [-0.39, 0.29) is 19.1 Å². The zero-order valence-corrected chi connectivity index (χ0v) is 11.2. The highest BCUT2D eigenvalue weighted by Crippen LogP contribution is 2.18. The van der Waals surface area contributed by atoms with Gasteiger partial charge in [-0.25, -0.2) is 0 Å². The number of hydrogen-bond donors (Lipinski definition) is 3. The maximum absolute atomic E-state index is 11.5. The molecule has 0 saturated carbocycles. The normalized spacial score (nSPS) is 10.7. The SMILES string of the molecule is Cc1ccc(SCCC(=O)NC(CO)CO)cc1. The van der Waals surface area contributed by atoms with Gasteiger partial charge in [0.2, 0.25) is 5.91 Å². The predicted octanol–water partition coefficient (Wildman–Crippen LogP) is 0.947. The van der Waals surface area contributed by atoms with Gasteiger partial charge in [-0.15, -0.1) is 11.8 Å². The van der Waals surface area contributed by atoms with Gasteiger partial charge in [-0.3, -0.25) is 4.79 Å². The maximum atomic E-state index is 11.5. The number of hydrogen-bond acceptors (Lipinski definition) is 4. The summed E-state index contributed by atoms with van der Waals surface area (Å²) in [5, 5.41) is 20.2. The van der Waals surface area contributed by atoms with Crippen LogP contribution in [0.5, 0.6) is 0 Å². The molecule has 1 aromatic rings. The molecular formula is C13H19NO3S. The van der Waals surface area contributed by atoms with Crippen molar-refractivity contribution in [2.24, 2.45) is 0 Å². The van der Waals surface area contributed by atoms with Crippen molar-refractivity contribution in [3.05, 3.63) is 29.8 Å². The van der Waals surface area contributed by atoms with E-state index in [0.717, 1.165) is 4.90 Å². The third kappa shape index (κ3) is 5.53. The van der Waals surface area contributed by atoms with Gasteiger partial charge in [0.25, 0.3) is 0 Å². The molecule has 0 aliphatic heterocycles. The lowest BCUT2D eigenvalue weighted by Gasteiger charge is -2.12. The smallest absolute Gasteiger partial charge is 0.221 e. The minimum Gasteiger partial charge on any atom is -0.394 e.